The Morgan fingerprint density at radius 3 is 2.48 bits per heavy atom. The summed E-state index contributed by atoms with van der Waals surface area (Å²) in [7, 11) is 0. The first-order valence-electron chi connectivity index (χ1n) is 8.10. The molecule has 0 heterocycles. The lowest BCUT2D eigenvalue weighted by molar-refractivity contribution is 0.304. The normalized spacial score (nSPS) is 11.1. The summed E-state index contributed by atoms with van der Waals surface area (Å²) in [6.45, 7) is 0.485. The van der Waals surface area contributed by atoms with Gasteiger partial charge in [0.25, 0.3) is 0 Å². The fourth-order valence-corrected chi connectivity index (χ4v) is 3.53. The summed E-state index contributed by atoms with van der Waals surface area (Å²) in [5.74, 6) is 0.735. The molecule has 0 aliphatic rings. The fraction of sp³-hybridized carbons (Fsp3) is 0.0455. The molecule has 0 aliphatic carbocycles. The van der Waals surface area contributed by atoms with Crippen LogP contribution in [0.3, 0.4) is 0 Å². The minimum atomic E-state index is 0.442. The van der Waals surface area contributed by atoms with Crippen LogP contribution in [0, 0.1) is 11.3 Å². The third kappa shape index (κ3) is 5.14. The van der Waals surface area contributed by atoms with Gasteiger partial charge < -0.3 is 4.74 Å². The molecule has 5 heteroatoms. The second-order valence-electron chi connectivity index (χ2n) is 5.76. The van der Waals surface area contributed by atoms with Crippen LogP contribution in [0.15, 0.2) is 71.2 Å². The first-order chi connectivity index (χ1) is 13.1. The highest BCUT2D eigenvalue weighted by molar-refractivity contribution is 9.10. The summed E-state index contributed by atoms with van der Waals surface area (Å²) >= 11 is 15.7. The number of hydrogen-bond acceptors (Lipinski definition) is 2. The minimum Gasteiger partial charge on any atom is -0.488 e. The van der Waals surface area contributed by atoms with Gasteiger partial charge >= 0.3 is 0 Å². The Kier molecular flexibility index (Phi) is 6.58. The number of ether oxygens (including phenoxy) is 1. The van der Waals surface area contributed by atoms with Crippen LogP contribution in [0.25, 0.3) is 11.6 Å². The van der Waals surface area contributed by atoms with Crippen LogP contribution in [-0.4, -0.2) is 0 Å². The minimum absolute atomic E-state index is 0.442. The van der Waals surface area contributed by atoms with E-state index < -0.39 is 0 Å². The smallest absolute Gasteiger partial charge is 0.134 e. The Morgan fingerprint density at radius 1 is 1.04 bits per heavy atom. The summed E-state index contributed by atoms with van der Waals surface area (Å²) < 4.78 is 6.67. The average Bonchev–Trinajstić information content (AvgIpc) is 2.67. The molecule has 0 atom stereocenters. The lowest BCUT2D eigenvalue weighted by Crippen LogP contribution is -1.95. The third-order valence-corrected chi connectivity index (χ3v) is 5.01. The number of benzene rings is 3. The molecule has 134 valence electrons. The number of nitrogens with zero attached hydrogens (tertiary/aromatic N) is 1. The number of rotatable bonds is 5. The van der Waals surface area contributed by atoms with E-state index in [9.17, 15) is 5.26 Å². The average molecular weight is 459 g/mol. The first-order valence-corrected chi connectivity index (χ1v) is 9.65. The van der Waals surface area contributed by atoms with Crippen molar-refractivity contribution in [2.75, 3.05) is 0 Å². The van der Waals surface area contributed by atoms with E-state index in [1.807, 2.05) is 48.5 Å². The Morgan fingerprint density at radius 2 is 1.81 bits per heavy atom. The van der Waals surface area contributed by atoms with Gasteiger partial charge in [-0.15, -0.1) is 0 Å². The Labute approximate surface area is 176 Å². The van der Waals surface area contributed by atoms with E-state index in [2.05, 4.69) is 22.0 Å². The Hall–Kier alpha value is -2.25. The van der Waals surface area contributed by atoms with Crippen molar-refractivity contribution in [2.45, 2.75) is 6.61 Å². The molecule has 0 aliphatic heterocycles. The molecule has 0 N–H and O–H groups in total. The molecule has 3 rings (SSSR count). The molecule has 2 nitrogen and oxygen atoms in total. The van der Waals surface area contributed by atoms with Crippen LogP contribution in [-0.2, 0) is 6.61 Å². The second kappa shape index (κ2) is 9.10. The summed E-state index contributed by atoms with van der Waals surface area (Å²) in [6, 6.07) is 22.9. The molecule has 0 bridgehead atoms. The third-order valence-electron chi connectivity index (χ3n) is 3.85. The van der Waals surface area contributed by atoms with E-state index in [1.54, 1.807) is 24.3 Å². The maximum absolute atomic E-state index is 9.52. The van der Waals surface area contributed by atoms with Gasteiger partial charge in [0.05, 0.1) is 21.1 Å². The second-order valence-corrected chi connectivity index (χ2v) is 7.46. The maximum atomic E-state index is 9.52. The zero-order valence-electron chi connectivity index (χ0n) is 14.1. The van der Waals surface area contributed by atoms with Gasteiger partial charge in [0.2, 0.25) is 0 Å². The summed E-state index contributed by atoms with van der Waals surface area (Å²) in [4.78, 5) is 0. The molecule has 3 aromatic carbocycles. The molecule has 0 saturated heterocycles. The van der Waals surface area contributed by atoms with Gasteiger partial charge in [0.1, 0.15) is 12.4 Å². The van der Waals surface area contributed by atoms with Crippen LogP contribution >= 0.6 is 39.1 Å². The zero-order chi connectivity index (χ0) is 19.2. The predicted octanol–water partition coefficient (Wildman–Crippen LogP) is 7.40. The molecule has 0 fully saturated rings. The SMILES string of the molecule is N#C/C(=C\c1ccc(OCc2ccccc2)c(Br)c1)c1ccc(Cl)cc1Cl. The molecular formula is C22H14BrCl2NO. The van der Waals surface area contributed by atoms with Crippen LogP contribution < -0.4 is 4.74 Å². The molecule has 27 heavy (non-hydrogen) atoms. The fourth-order valence-electron chi connectivity index (χ4n) is 2.50. The van der Waals surface area contributed by atoms with Crippen molar-refractivity contribution in [3.63, 3.8) is 0 Å². The van der Waals surface area contributed by atoms with Gasteiger partial charge in [-0.25, -0.2) is 0 Å². The molecular weight excluding hydrogens is 445 g/mol. The van der Waals surface area contributed by atoms with Gasteiger partial charge in [-0.2, -0.15) is 5.26 Å². The molecule has 3 aromatic rings. The highest BCUT2D eigenvalue weighted by Gasteiger charge is 2.08. The number of allylic oxidation sites excluding steroid dienone is 1. The molecule has 0 radical (unpaired) electrons. The number of hydrogen-bond donors (Lipinski definition) is 0. The lowest BCUT2D eigenvalue weighted by Gasteiger charge is -2.09. The molecule has 0 amide bonds. The first kappa shape index (κ1) is 19.5. The summed E-state index contributed by atoms with van der Waals surface area (Å²) in [5, 5.41) is 10.5. The maximum Gasteiger partial charge on any atom is 0.134 e. The van der Waals surface area contributed by atoms with Crippen molar-refractivity contribution in [3.05, 3.63) is 97.9 Å². The van der Waals surface area contributed by atoms with E-state index in [-0.39, 0.29) is 0 Å². The molecule has 0 spiro atoms. The quantitative estimate of drug-likeness (QED) is 0.294. The number of nitriles is 1. The van der Waals surface area contributed by atoms with Gasteiger partial charge in [-0.05, 0) is 57.4 Å². The van der Waals surface area contributed by atoms with Gasteiger partial charge in [0.15, 0.2) is 0 Å². The van der Waals surface area contributed by atoms with E-state index >= 15 is 0 Å². The molecule has 0 saturated carbocycles. The van der Waals surface area contributed by atoms with Crippen LogP contribution in [0.1, 0.15) is 16.7 Å². The Bertz CT molecular complexity index is 1030. The summed E-state index contributed by atoms with van der Waals surface area (Å²) in [6.07, 6.45) is 1.78. The Balaban J connectivity index is 1.81. The van der Waals surface area contributed by atoms with Gasteiger partial charge in [-0.3, -0.25) is 0 Å². The number of halogens is 3. The highest BCUT2D eigenvalue weighted by Crippen LogP contribution is 2.31. The van der Waals surface area contributed by atoms with Crippen molar-refractivity contribution in [1.29, 1.82) is 5.26 Å². The molecule has 0 unspecified atom stereocenters. The topological polar surface area (TPSA) is 33.0 Å². The standard InChI is InChI=1S/C22H14BrCl2NO/c23-20-11-16(6-9-22(20)27-14-15-4-2-1-3-5-15)10-17(13-26)19-8-7-18(24)12-21(19)25/h1-12H,14H2/b17-10+. The zero-order valence-corrected chi connectivity index (χ0v) is 17.2. The van der Waals surface area contributed by atoms with Crippen molar-refractivity contribution >= 4 is 50.8 Å². The van der Waals surface area contributed by atoms with E-state index in [4.69, 9.17) is 27.9 Å². The van der Waals surface area contributed by atoms with Crippen LogP contribution in [0.2, 0.25) is 10.0 Å². The van der Waals surface area contributed by atoms with E-state index in [0.29, 0.717) is 27.8 Å². The van der Waals surface area contributed by atoms with Crippen molar-refractivity contribution in [3.8, 4) is 11.8 Å². The van der Waals surface area contributed by atoms with Crippen molar-refractivity contribution in [1.82, 2.24) is 0 Å². The van der Waals surface area contributed by atoms with Crippen molar-refractivity contribution in [2.24, 2.45) is 0 Å². The van der Waals surface area contributed by atoms with Crippen LogP contribution in [0.4, 0.5) is 0 Å². The largest absolute Gasteiger partial charge is 0.488 e. The lowest BCUT2D eigenvalue weighted by atomic mass is 10.0. The highest BCUT2D eigenvalue weighted by atomic mass is 79.9. The predicted molar refractivity (Wildman–Crippen MR) is 115 cm³/mol. The monoisotopic (exact) mass is 457 g/mol. The van der Waals surface area contributed by atoms with Crippen LogP contribution in [0.5, 0.6) is 5.75 Å². The van der Waals surface area contributed by atoms with Crippen molar-refractivity contribution < 1.29 is 4.74 Å². The van der Waals surface area contributed by atoms with Gasteiger partial charge in [0, 0.05) is 10.6 Å². The summed E-state index contributed by atoms with van der Waals surface area (Å²) in [5.41, 5.74) is 3.06. The van der Waals surface area contributed by atoms with E-state index in [1.165, 1.54) is 0 Å². The van der Waals surface area contributed by atoms with E-state index in [0.717, 1.165) is 21.3 Å². The van der Waals surface area contributed by atoms with Gasteiger partial charge in [-0.1, -0.05) is 65.7 Å². The molecule has 0 aromatic heterocycles.